The SMILES string of the molecule is Cc1ccc2c3ccccc3oc3cc4c(cc3c2c1)c1ccc(C(C)(C)C)c[n+]1c1ccccc1c1c(C)cc(C)c[n+]41. The first-order valence-corrected chi connectivity index (χ1v) is 15.4. The van der Waals surface area contributed by atoms with Gasteiger partial charge in [0.1, 0.15) is 21.9 Å². The van der Waals surface area contributed by atoms with Crippen molar-refractivity contribution in [3.8, 4) is 0 Å². The number of fused-ring (bicyclic) bond motifs is 13. The Bertz CT molecular complexity index is 2560. The van der Waals surface area contributed by atoms with Crippen LogP contribution >= 0.6 is 0 Å². The van der Waals surface area contributed by atoms with E-state index in [2.05, 4.69) is 160 Å². The van der Waals surface area contributed by atoms with Gasteiger partial charge in [0, 0.05) is 39.6 Å². The van der Waals surface area contributed by atoms with Gasteiger partial charge in [0.2, 0.25) is 22.1 Å². The quantitative estimate of drug-likeness (QED) is 0.166. The fraction of sp³-hybridized carbons (Fsp3) is 0.171. The molecule has 0 aliphatic rings. The predicted molar refractivity (Wildman–Crippen MR) is 183 cm³/mol. The van der Waals surface area contributed by atoms with E-state index in [-0.39, 0.29) is 5.41 Å². The Morgan fingerprint density at radius 1 is 0.500 bits per heavy atom. The average Bonchev–Trinajstić information content (AvgIpc) is 3.12. The topological polar surface area (TPSA) is 21.3 Å². The highest BCUT2D eigenvalue weighted by molar-refractivity contribution is 6.17. The maximum Gasteiger partial charge on any atom is 0.228 e. The molecule has 3 nitrogen and oxygen atoms in total. The van der Waals surface area contributed by atoms with Crippen molar-refractivity contribution in [2.45, 2.75) is 47.0 Å². The van der Waals surface area contributed by atoms with E-state index in [1.54, 1.807) is 0 Å². The van der Waals surface area contributed by atoms with Crippen molar-refractivity contribution in [3.63, 3.8) is 0 Å². The monoisotopic (exact) mass is 572 g/mol. The zero-order valence-corrected chi connectivity index (χ0v) is 26.2. The lowest BCUT2D eigenvalue weighted by Crippen LogP contribution is -2.29. The minimum absolute atomic E-state index is 0.00566. The Hall–Kier alpha value is -5.02. The Kier molecular flexibility index (Phi) is 5.74. The molecule has 4 aromatic carbocycles. The van der Waals surface area contributed by atoms with Crippen LogP contribution in [0.15, 0.2) is 114 Å². The number of nitrogens with zero attached hydrogens (tertiary/aromatic N) is 2. The van der Waals surface area contributed by atoms with Crippen LogP contribution in [0.1, 0.15) is 43.0 Å². The molecule has 0 aliphatic carbocycles. The molecule has 0 radical (unpaired) electrons. The molecule has 0 aliphatic heterocycles. The van der Waals surface area contributed by atoms with Gasteiger partial charge in [0.15, 0.2) is 12.4 Å². The van der Waals surface area contributed by atoms with Gasteiger partial charge >= 0.3 is 0 Å². The first-order valence-electron chi connectivity index (χ1n) is 15.4. The zero-order chi connectivity index (χ0) is 30.3. The summed E-state index contributed by atoms with van der Waals surface area (Å²) in [7, 11) is 0. The number of pyridine rings is 2. The van der Waals surface area contributed by atoms with Gasteiger partial charge in [-0.2, -0.15) is 8.80 Å². The third-order valence-corrected chi connectivity index (χ3v) is 9.12. The molecule has 0 atom stereocenters. The summed E-state index contributed by atoms with van der Waals surface area (Å²) in [4.78, 5) is 0. The molecule has 0 saturated heterocycles. The second kappa shape index (κ2) is 9.49. The van der Waals surface area contributed by atoms with Gasteiger partial charge in [-0.1, -0.05) is 74.9 Å². The highest BCUT2D eigenvalue weighted by atomic mass is 16.3. The molecule has 0 saturated carbocycles. The van der Waals surface area contributed by atoms with Crippen molar-refractivity contribution >= 4 is 65.6 Å². The second-order valence-corrected chi connectivity index (χ2v) is 13.4. The van der Waals surface area contributed by atoms with Crippen LogP contribution in [0, 0.1) is 20.8 Å². The molecule has 44 heavy (non-hydrogen) atoms. The van der Waals surface area contributed by atoms with Gasteiger partial charge in [-0.3, -0.25) is 0 Å². The molecule has 0 fully saturated rings. The fourth-order valence-electron chi connectivity index (χ4n) is 6.97. The van der Waals surface area contributed by atoms with E-state index in [4.69, 9.17) is 4.42 Å². The fourth-order valence-corrected chi connectivity index (χ4v) is 6.97. The van der Waals surface area contributed by atoms with Crippen LogP contribution in [0.5, 0.6) is 0 Å². The van der Waals surface area contributed by atoms with Crippen LogP contribution in [-0.4, -0.2) is 0 Å². The van der Waals surface area contributed by atoms with Gasteiger partial charge < -0.3 is 4.42 Å². The first kappa shape index (κ1) is 26.6. The molecule has 214 valence electrons. The summed E-state index contributed by atoms with van der Waals surface area (Å²) in [5.74, 6) is 0. The third-order valence-electron chi connectivity index (χ3n) is 9.12. The summed E-state index contributed by atoms with van der Waals surface area (Å²) in [6.07, 6.45) is 4.61. The molecule has 3 heteroatoms. The molecule has 8 rings (SSSR count). The molecule has 0 bridgehead atoms. The second-order valence-electron chi connectivity index (χ2n) is 13.4. The third kappa shape index (κ3) is 4.03. The normalized spacial score (nSPS) is 12.3. The van der Waals surface area contributed by atoms with E-state index in [0.717, 1.165) is 38.4 Å². The van der Waals surface area contributed by atoms with E-state index in [1.807, 2.05) is 0 Å². The number of benzene rings is 4. The number of hydrogen-bond acceptors (Lipinski definition) is 1. The van der Waals surface area contributed by atoms with E-state index < -0.39 is 0 Å². The lowest BCUT2D eigenvalue weighted by atomic mass is 9.88. The average molecular weight is 573 g/mol. The smallest absolute Gasteiger partial charge is 0.228 e. The van der Waals surface area contributed by atoms with Gasteiger partial charge in [0.05, 0.1) is 6.07 Å². The Balaban J connectivity index is 1.76. The maximum atomic E-state index is 6.84. The Morgan fingerprint density at radius 2 is 1.25 bits per heavy atom. The van der Waals surface area contributed by atoms with Crippen molar-refractivity contribution in [2.24, 2.45) is 0 Å². The summed E-state index contributed by atoms with van der Waals surface area (Å²) in [6, 6.07) is 35.4. The molecule has 0 amide bonds. The van der Waals surface area contributed by atoms with E-state index in [9.17, 15) is 0 Å². The predicted octanol–water partition coefficient (Wildman–Crippen LogP) is 9.87. The van der Waals surface area contributed by atoms with Crippen molar-refractivity contribution < 1.29 is 13.2 Å². The molecule has 0 unspecified atom stereocenters. The van der Waals surface area contributed by atoms with Crippen molar-refractivity contribution in [2.75, 3.05) is 0 Å². The van der Waals surface area contributed by atoms with Crippen LogP contribution < -0.4 is 8.80 Å². The van der Waals surface area contributed by atoms with Crippen LogP contribution in [0.2, 0.25) is 0 Å². The largest absolute Gasteiger partial charge is 0.456 e. The van der Waals surface area contributed by atoms with E-state index in [0.29, 0.717) is 0 Å². The standard InChI is InChI=1S/C41H36N2O/c1-25-15-17-29-30-11-8-10-14-38(30)44-39-22-37-34(21-33(39)32(29)20-25)36-18-16-28(41(4,5)6)24-42(36)35-13-9-7-12-31(35)40-27(3)19-26(2)23-43(37)40/h7-24H,1-6H3/q+2. The van der Waals surface area contributed by atoms with E-state index >= 15 is 0 Å². The lowest BCUT2D eigenvalue weighted by molar-refractivity contribution is -0.489. The molecule has 0 N–H and O–H groups in total. The van der Waals surface area contributed by atoms with Gasteiger partial charge in [-0.25, -0.2) is 0 Å². The highest BCUT2D eigenvalue weighted by Crippen LogP contribution is 2.35. The van der Waals surface area contributed by atoms with E-state index in [1.165, 1.54) is 49.4 Å². The summed E-state index contributed by atoms with van der Waals surface area (Å²) in [5, 5.41) is 6.97. The van der Waals surface area contributed by atoms with Gasteiger partial charge in [-0.15, -0.1) is 0 Å². The molecule has 4 heterocycles. The van der Waals surface area contributed by atoms with Crippen LogP contribution in [0.25, 0.3) is 65.6 Å². The molecule has 0 spiro atoms. The maximum absolute atomic E-state index is 6.84. The Morgan fingerprint density at radius 3 is 2.07 bits per heavy atom. The van der Waals surface area contributed by atoms with Crippen LogP contribution in [-0.2, 0) is 5.41 Å². The van der Waals surface area contributed by atoms with Crippen molar-refractivity contribution in [1.82, 2.24) is 0 Å². The summed E-state index contributed by atoms with van der Waals surface area (Å²) < 4.78 is 11.6. The number of aryl methyl sites for hydroxylation is 3. The molecular weight excluding hydrogens is 536 g/mol. The molecular formula is C41H36N2O+2. The molecule has 4 aromatic heterocycles. The van der Waals surface area contributed by atoms with Crippen molar-refractivity contribution in [1.29, 1.82) is 0 Å². The van der Waals surface area contributed by atoms with Gasteiger partial charge in [-0.05, 0) is 67.3 Å². The minimum Gasteiger partial charge on any atom is -0.456 e. The first-order chi connectivity index (χ1) is 21.2. The van der Waals surface area contributed by atoms with Gasteiger partial charge in [0.25, 0.3) is 0 Å². The number of hydrogen-bond donors (Lipinski definition) is 0. The highest BCUT2D eigenvalue weighted by Gasteiger charge is 2.25. The molecule has 8 aromatic rings. The summed E-state index contributed by atoms with van der Waals surface area (Å²) in [6.45, 7) is 13.4. The number of aromatic nitrogens is 2. The minimum atomic E-state index is 0.00566. The van der Waals surface area contributed by atoms with Crippen LogP contribution in [0.3, 0.4) is 0 Å². The lowest BCUT2D eigenvalue weighted by Gasteiger charge is -2.16. The summed E-state index contributed by atoms with van der Waals surface area (Å²) >= 11 is 0. The zero-order valence-electron chi connectivity index (χ0n) is 26.2. The van der Waals surface area contributed by atoms with Crippen molar-refractivity contribution in [3.05, 3.63) is 132 Å². The number of rotatable bonds is 0. The van der Waals surface area contributed by atoms with Crippen LogP contribution in [0.4, 0.5) is 0 Å². The number of para-hydroxylation sites is 2. The Labute approximate surface area is 256 Å². The summed E-state index contributed by atoms with van der Waals surface area (Å²) in [5.41, 5.74) is 11.3.